The third kappa shape index (κ3) is 2.65. The minimum atomic E-state index is 0.359. The minimum Gasteiger partial charge on any atom is -0.497 e. The Kier molecular flexibility index (Phi) is 4.57. The summed E-state index contributed by atoms with van der Waals surface area (Å²) >= 11 is 0. The van der Waals surface area contributed by atoms with E-state index in [0.29, 0.717) is 17.9 Å². The molecule has 2 heterocycles. The minimum absolute atomic E-state index is 0.359. The van der Waals surface area contributed by atoms with Gasteiger partial charge in [0.1, 0.15) is 5.76 Å². The quantitative estimate of drug-likeness (QED) is 0.827. The lowest BCUT2D eigenvalue weighted by Crippen LogP contribution is -2.47. The highest BCUT2D eigenvalue weighted by Crippen LogP contribution is 2.47. The summed E-state index contributed by atoms with van der Waals surface area (Å²) in [6, 6.07) is 4.73. The fourth-order valence-electron chi connectivity index (χ4n) is 4.77. The Labute approximate surface area is 155 Å². The van der Waals surface area contributed by atoms with E-state index in [4.69, 9.17) is 18.9 Å². The van der Waals surface area contributed by atoms with Gasteiger partial charge in [0, 0.05) is 25.0 Å². The molecule has 1 aromatic rings. The smallest absolute Gasteiger partial charge is 0.161 e. The second kappa shape index (κ2) is 6.88. The zero-order valence-corrected chi connectivity index (χ0v) is 16.0. The molecule has 0 spiro atoms. The van der Waals surface area contributed by atoms with Crippen molar-refractivity contribution in [3.8, 4) is 11.5 Å². The zero-order valence-electron chi connectivity index (χ0n) is 16.0. The number of rotatable bonds is 4. The molecule has 1 saturated heterocycles. The van der Waals surface area contributed by atoms with Gasteiger partial charge in [0.2, 0.25) is 0 Å². The normalized spacial score (nSPS) is 27.3. The van der Waals surface area contributed by atoms with Gasteiger partial charge in [-0.2, -0.15) is 0 Å². The van der Waals surface area contributed by atoms with E-state index in [2.05, 4.69) is 29.2 Å². The summed E-state index contributed by atoms with van der Waals surface area (Å²) in [6.45, 7) is 2.04. The molecule has 5 heteroatoms. The van der Waals surface area contributed by atoms with Crippen LogP contribution in [0, 0.1) is 11.8 Å². The van der Waals surface area contributed by atoms with E-state index in [-0.39, 0.29) is 0 Å². The molecule has 1 aliphatic carbocycles. The molecule has 3 aliphatic rings. The van der Waals surface area contributed by atoms with Crippen LogP contribution in [0.15, 0.2) is 35.8 Å². The van der Waals surface area contributed by atoms with Crippen LogP contribution in [0.3, 0.4) is 0 Å². The van der Waals surface area contributed by atoms with E-state index in [1.54, 1.807) is 28.4 Å². The first kappa shape index (κ1) is 17.3. The van der Waals surface area contributed by atoms with E-state index in [0.717, 1.165) is 48.9 Å². The highest BCUT2D eigenvalue weighted by molar-refractivity contribution is 5.50. The van der Waals surface area contributed by atoms with Crippen LogP contribution < -0.4 is 9.47 Å². The maximum atomic E-state index is 5.72. The second-order valence-electron chi connectivity index (χ2n) is 7.17. The van der Waals surface area contributed by atoms with Crippen molar-refractivity contribution in [3.63, 3.8) is 0 Å². The number of benzene rings is 1. The lowest BCUT2D eigenvalue weighted by molar-refractivity contribution is 0.0515. The summed E-state index contributed by atoms with van der Waals surface area (Å²) < 4.78 is 22.3. The van der Waals surface area contributed by atoms with Gasteiger partial charge in [-0.25, -0.2) is 0 Å². The van der Waals surface area contributed by atoms with Crippen molar-refractivity contribution in [1.82, 2.24) is 4.90 Å². The first-order valence-corrected chi connectivity index (χ1v) is 9.19. The molecule has 3 atom stereocenters. The number of piperidine rings is 1. The summed E-state index contributed by atoms with van der Waals surface area (Å²) in [4.78, 5) is 2.58. The standard InChI is InChI=1S/C21H27NO4/c1-23-18-6-5-13-9-17-15-11-20(25-3)19(24-2)10-14(15)7-8-22(17)12-16(13)21(18)26-4/h5-6,10-11,13,16-17H,7-9,12H2,1-4H3. The molecule has 2 aliphatic heterocycles. The van der Waals surface area contributed by atoms with Crippen molar-refractivity contribution >= 4 is 0 Å². The zero-order chi connectivity index (χ0) is 18.3. The van der Waals surface area contributed by atoms with Crippen molar-refractivity contribution < 1.29 is 18.9 Å². The lowest BCUT2D eigenvalue weighted by Gasteiger charge is -2.47. The van der Waals surface area contributed by atoms with Crippen LogP contribution in [-0.2, 0) is 15.9 Å². The molecule has 0 saturated carbocycles. The molecule has 0 bridgehead atoms. The summed E-state index contributed by atoms with van der Waals surface area (Å²) in [5.74, 6) is 4.29. The fraction of sp³-hybridized carbons (Fsp3) is 0.524. The Balaban J connectivity index is 1.67. The molecule has 3 unspecified atom stereocenters. The first-order chi connectivity index (χ1) is 12.7. The van der Waals surface area contributed by atoms with Crippen LogP contribution in [0.1, 0.15) is 23.6 Å². The molecule has 140 valence electrons. The van der Waals surface area contributed by atoms with Crippen molar-refractivity contribution in [2.75, 3.05) is 41.5 Å². The van der Waals surface area contributed by atoms with Crippen LogP contribution >= 0.6 is 0 Å². The summed E-state index contributed by atoms with van der Waals surface area (Å²) in [7, 11) is 6.86. The van der Waals surface area contributed by atoms with Gasteiger partial charge in [-0.3, -0.25) is 4.90 Å². The van der Waals surface area contributed by atoms with Crippen molar-refractivity contribution in [2.45, 2.75) is 18.9 Å². The number of nitrogens with zero attached hydrogens (tertiary/aromatic N) is 1. The van der Waals surface area contributed by atoms with E-state index < -0.39 is 0 Å². The van der Waals surface area contributed by atoms with E-state index >= 15 is 0 Å². The van der Waals surface area contributed by atoms with E-state index in [9.17, 15) is 0 Å². The molecular formula is C21H27NO4. The Bertz CT molecular complexity index is 755. The monoisotopic (exact) mass is 357 g/mol. The average Bonchev–Trinajstić information content (AvgIpc) is 2.70. The third-order valence-electron chi connectivity index (χ3n) is 6.07. The van der Waals surface area contributed by atoms with Gasteiger partial charge in [-0.05, 0) is 48.1 Å². The molecule has 5 nitrogen and oxygen atoms in total. The Hall–Kier alpha value is -2.14. The highest BCUT2D eigenvalue weighted by Gasteiger charge is 2.42. The van der Waals surface area contributed by atoms with Crippen LogP contribution in [0.2, 0.25) is 0 Å². The number of allylic oxidation sites excluding steroid dienone is 2. The van der Waals surface area contributed by atoms with Crippen LogP contribution in [0.4, 0.5) is 0 Å². The van der Waals surface area contributed by atoms with Gasteiger partial charge >= 0.3 is 0 Å². The third-order valence-corrected chi connectivity index (χ3v) is 6.07. The van der Waals surface area contributed by atoms with Gasteiger partial charge in [-0.1, -0.05) is 6.08 Å². The number of fused-ring (bicyclic) bond motifs is 4. The van der Waals surface area contributed by atoms with Gasteiger partial charge in [0.05, 0.1) is 28.4 Å². The summed E-state index contributed by atoms with van der Waals surface area (Å²) in [5.41, 5.74) is 2.75. The predicted molar refractivity (Wildman–Crippen MR) is 99.3 cm³/mol. The Morgan fingerprint density at radius 2 is 1.73 bits per heavy atom. The van der Waals surface area contributed by atoms with Crippen LogP contribution in [0.5, 0.6) is 11.5 Å². The molecular weight excluding hydrogens is 330 g/mol. The second-order valence-corrected chi connectivity index (χ2v) is 7.17. The van der Waals surface area contributed by atoms with Crippen LogP contribution in [0.25, 0.3) is 0 Å². The van der Waals surface area contributed by atoms with Crippen molar-refractivity contribution in [3.05, 3.63) is 46.9 Å². The molecule has 0 N–H and O–H groups in total. The fourth-order valence-corrected chi connectivity index (χ4v) is 4.77. The first-order valence-electron chi connectivity index (χ1n) is 9.19. The molecule has 1 aromatic carbocycles. The molecule has 1 fully saturated rings. The lowest BCUT2D eigenvalue weighted by atomic mass is 9.74. The Morgan fingerprint density at radius 3 is 2.42 bits per heavy atom. The van der Waals surface area contributed by atoms with Gasteiger partial charge in [0.25, 0.3) is 0 Å². The molecule has 4 rings (SSSR count). The van der Waals surface area contributed by atoms with Gasteiger partial charge < -0.3 is 18.9 Å². The van der Waals surface area contributed by atoms with E-state index in [1.165, 1.54) is 11.1 Å². The number of hydrogen-bond acceptors (Lipinski definition) is 5. The van der Waals surface area contributed by atoms with Crippen LogP contribution in [-0.4, -0.2) is 46.4 Å². The summed E-state index contributed by atoms with van der Waals surface area (Å²) in [6.07, 6.45) is 6.46. The predicted octanol–water partition coefficient (Wildman–Crippen LogP) is 3.31. The molecule has 26 heavy (non-hydrogen) atoms. The maximum absolute atomic E-state index is 5.72. The Morgan fingerprint density at radius 1 is 0.962 bits per heavy atom. The topological polar surface area (TPSA) is 40.2 Å². The molecule has 0 aromatic heterocycles. The number of methoxy groups -OCH3 is 4. The van der Waals surface area contributed by atoms with Crippen molar-refractivity contribution in [1.29, 1.82) is 0 Å². The largest absolute Gasteiger partial charge is 0.497 e. The maximum Gasteiger partial charge on any atom is 0.161 e. The average molecular weight is 357 g/mol. The van der Waals surface area contributed by atoms with Gasteiger partial charge in [0.15, 0.2) is 17.3 Å². The van der Waals surface area contributed by atoms with E-state index in [1.807, 2.05) is 0 Å². The van der Waals surface area contributed by atoms with Gasteiger partial charge in [-0.15, -0.1) is 0 Å². The SMILES string of the molecule is COC1=C(OC)C2CN3CCc4cc(OC)c(OC)cc4C3CC2C=C1. The number of hydrogen-bond donors (Lipinski definition) is 0. The molecule has 0 radical (unpaired) electrons. The summed E-state index contributed by atoms with van der Waals surface area (Å²) in [5, 5.41) is 0. The molecule has 0 amide bonds. The number of ether oxygens (including phenoxy) is 4. The van der Waals surface area contributed by atoms with Crippen molar-refractivity contribution in [2.24, 2.45) is 11.8 Å². The highest BCUT2D eigenvalue weighted by atomic mass is 16.5.